The van der Waals surface area contributed by atoms with Gasteiger partial charge in [-0.25, -0.2) is 0 Å². The van der Waals surface area contributed by atoms with Gasteiger partial charge in [-0.15, -0.1) is 0 Å². The number of rotatable bonds is 11. The first-order chi connectivity index (χ1) is 15.1. The Labute approximate surface area is 187 Å². The first-order valence-electron chi connectivity index (χ1n) is 11.7. The first kappa shape index (κ1) is 23.0. The van der Waals surface area contributed by atoms with Crippen LogP contribution in [0.4, 0.5) is 0 Å². The summed E-state index contributed by atoms with van der Waals surface area (Å²) in [6.45, 7) is 4.75. The van der Waals surface area contributed by atoms with Crippen LogP contribution in [0.25, 0.3) is 5.57 Å². The molecule has 3 rings (SSSR count). The minimum absolute atomic E-state index is 0.0957. The number of nitrogens with zero attached hydrogens (tertiary/aromatic N) is 1. The van der Waals surface area contributed by atoms with Gasteiger partial charge >= 0.3 is 5.97 Å². The summed E-state index contributed by atoms with van der Waals surface area (Å²) < 4.78 is 5.80. The van der Waals surface area contributed by atoms with Gasteiger partial charge in [0.2, 0.25) is 0 Å². The molecular formula is C28H35NO2. The fourth-order valence-corrected chi connectivity index (χ4v) is 4.37. The number of aromatic nitrogens is 1. The lowest BCUT2D eigenvalue weighted by Crippen LogP contribution is -2.33. The molecular weight excluding hydrogens is 382 g/mol. The number of carbonyl (C=O) groups excluding carboxylic acids is 1. The van der Waals surface area contributed by atoms with E-state index in [0.29, 0.717) is 13.0 Å². The second-order valence-electron chi connectivity index (χ2n) is 8.60. The Kier molecular flexibility index (Phi) is 8.63. The Balaban J connectivity index is 1.69. The van der Waals surface area contributed by atoms with Gasteiger partial charge in [-0.2, -0.15) is 0 Å². The summed E-state index contributed by atoms with van der Waals surface area (Å²) in [4.78, 5) is 17.6. The molecule has 164 valence electrons. The van der Waals surface area contributed by atoms with Crippen LogP contribution < -0.4 is 0 Å². The lowest BCUT2D eigenvalue weighted by molar-refractivity contribution is -0.153. The van der Waals surface area contributed by atoms with Crippen molar-refractivity contribution in [1.82, 2.24) is 4.98 Å². The third-order valence-electron chi connectivity index (χ3n) is 6.14. The van der Waals surface area contributed by atoms with E-state index in [2.05, 4.69) is 55.2 Å². The molecule has 0 N–H and O–H groups in total. The normalized spacial score (nSPS) is 18.3. The van der Waals surface area contributed by atoms with Gasteiger partial charge < -0.3 is 4.74 Å². The van der Waals surface area contributed by atoms with Crippen LogP contribution in [0.1, 0.15) is 70.1 Å². The Morgan fingerprint density at radius 3 is 2.52 bits per heavy atom. The van der Waals surface area contributed by atoms with Gasteiger partial charge in [-0.3, -0.25) is 9.78 Å². The van der Waals surface area contributed by atoms with Crippen molar-refractivity contribution in [3.63, 3.8) is 0 Å². The van der Waals surface area contributed by atoms with E-state index in [1.807, 2.05) is 24.3 Å². The van der Waals surface area contributed by atoms with Gasteiger partial charge in [-0.1, -0.05) is 93.2 Å². The third kappa shape index (κ3) is 6.40. The monoisotopic (exact) mass is 417 g/mol. The van der Waals surface area contributed by atoms with Crippen molar-refractivity contribution in [3.05, 3.63) is 83.7 Å². The molecule has 0 saturated heterocycles. The maximum Gasteiger partial charge on any atom is 0.316 e. The summed E-state index contributed by atoms with van der Waals surface area (Å²) in [5, 5.41) is 0. The molecule has 0 radical (unpaired) electrons. The molecule has 3 heteroatoms. The van der Waals surface area contributed by atoms with Crippen LogP contribution in [0, 0.1) is 5.41 Å². The molecule has 31 heavy (non-hydrogen) atoms. The van der Waals surface area contributed by atoms with Crippen LogP contribution in [0.15, 0.2) is 72.5 Å². The Morgan fingerprint density at radius 1 is 1.03 bits per heavy atom. The molecule has 1 aliphatic carbocycles. The van der Waals surface area contributed by atoms with Crippen molar-refractivity contribution in [2.24, 2.45) is 5.41 Å². The third-order valence-corrected chi connectivity index (χ3v) is 6.14. The molecule has 0 saturated carbocycles. The van der Waals surface area contributed by atoms with Gasteiger partial charge in [0, 0.05) is 18.3 Å². The zero-order chi connectivity index (χ0) is 21.9. The van der Waals surface area contributed by atoms with Crippen molar-refractivity contribution in [2.45, 2.75) is 65.2 Å². The number of pyridine rings is 1. The molecule has 2 aromatic rings. The number of carbonyl (C=O) groups is 1. The van der Waals surface area contributed by atoms with E-state index in [1.165, 1.54) is 42.4 Å². The van der Waals surface area contributed by atoms with Crippen molar-refractivity contribution in [2.75, 3.05) is 6.61 Å². The van der Waals surface area contributed by atoms with Crippen molar-refractivity contribution in [1.29, 1.82) is 0 Å². The molecule has 1 unspecified atom stereocenters. The second-order valence-corrected chi connectivity index (χ2v) is 8.60. The number of hydrogen-bond donors (Lipinski definition) is 0. The number of unbranched alkanes of at least 4 members (excludes halogenated alkanes) is 4. The van der Waals surface area contributed by atoms with Gasteiger partial charge in [0.1, 0.15) is 0 Å². The largest absolute Gasteiger partial charge is 0.465 e. The highest BCUT2D eigenvalue weighted by Gasteiger charge is 2.39. The quantitative estimate of drug-likeness (QED) is 0.293. The molecule has 1 aromatic carbocycles. The van der Waals surface area contributed by atoms with Crippen LogP contribution in [-0.4, -0.2) is 17.6 Å². The van der Waals surface area contributed by atoms with Crippen LogP contribution >= 0.6 is 0 Å². The zero-order valence-corrected chi connectivity index (χ0v) is 19.0. The van der Waals surface area contributed by atoms with Crippen LogP contribution in [0.2, 0.25) is 0 Å². The number of allylic oxidation sites excluding steroid dienone is 3. The highest BCUT2D eigenvalue weighted by molar-refractivity contribution is 5.85. The topological polar surface area (TPSA) is 39.2 Å². The first-order valence-corrected chi connectivity index (χ1v) is 11.7. The molecule has 0 aliphatic heterocycles. The predicted octanol–water partition coefficient (Wildman–Crippen LogP) is 6.95. The molecule has 0 bridgehead atoms. The number of ether oxygens (including phenoxy) is 1. The number of benzene rings is 1. The Bertz CT molecular complexity index is 886. The summed E-state index contributed by atoms with van der Waals surface area (Å²) in [6, 6.07) is 16.2. The minimum atomic E-state index is -0.557. The molecule has 1 aliphatic rings. The highest BCUT2D eigenvalue weighted by atomic mass is 16.5. The fourth-order valence-electron chi connectivity index (χ4n) is 4.37. The predicted molar refractivity (Wildman–Crippen MR) is 128 cm³/mol. The average Bonchev–Trinajstić information content (AvgIpc) is 2.80. The van der Waals surface area contributed by atoms with Gasteiger partial charge in [0.15, 0.2) is 0 Å². The standard InChI is InChI=1S/C28H35NO2/c1-3-4-5-6-11-18-28(27(30)31-21-17-25-15-10-12-20-29-25)19-16-26(23(2)22-28)24-13-8-7-9-14-24/h7-10,12-16,19-20H,3-6,11,17-18,21-22H2,1-2H3. The van der Waals surface area contributed by atoms with E-state index in [9.17, 15) is 4.79 Å². The van der Waals surface area contributed by atoms with E-state index >= 15 is 0 Å². The fraction of sp³-hybridized carbons (Fsp3) is 0.429. The van der Waals surface area contributed by atoms with E-state index in [0.717, 1.165) is 25.0 Å². The summed E-state index contributed by atoms with van der Waals surface area (Å²) in [5.41, 5.74) is 4.08. The lowest BCUT2D eigenvalue weighted by Gasteiger charge is -2.33. The minimum Gasteiger partial charge on any atom is -0.465 e. The molecule has 1 aromatic heterocycles. The lowest BCUT2D eigenvalue weighted by atomic mass is 9.72. The second kappa shape index (κ2) is 11.6. The zero-order valence-electron chi connectivity index (χ0n) is 19.0. The summed E-state index contributed by atoms with van der Waals surface area (Å²) in [6.07, 6.45) is 14.2. The molecule has 1 atom stereocenters. The van der Waals surface area contributed by atoms with Crippen molar-refractivity contribution in [3.8, 4) is 0 Å². The molecule has 3 nitrogen and oxygen atoms in total. The smallest absolute Gasteiger partial charge is 0.316 e. The summed E-state index contributed by atoms with van der Waals surface area (Å²) in [7, 11) is 0. The van der Waals surface area contributed by atoms with Gasteiger partial charge in [0.05, 0.1) is 12.0 Å². The molecule has 0 spiro atoms. The summed E-state index contributed by atoms with van der Waals surface area (Å²) >= 11 is 0. The van der Waals surface area contributed by atoms with E-state index in [-0.39, 0.29) is 5.97 Å². The van der Waals surface area contributed by atoms with Crippen LogP contribution in [0.5, 0.6) is 0 Å². The average molecular weight is 418 g/mol. The molecule has 0 fully saturated rings. The Hall–Kier alpha value is -2.68. The van der Waals surface area contributed by atoms with Crippen molar-refractivity contribution >= 4 is 11.5 Å². The SMILES string of the molecule is CCCCCCCC1(C(=O)OCCc2ccccn2)C=CC(c2ccccc2)=C(C)C1. The molecule has 0 amide bonds. The van der Waals surface area contributed by atoms with Crippen LogP contribution in [-0.2, 0) is 16.0 Å². The van der Waals surface area contributed by atoms with Crippen molar-refractivity contribution < 1.29 is 9.53 Å². The maximum atomic E-state index is 13.3. The Morgan fingerprint density at radius 2 is 1.81 bits per heavy atom. The number of esters is 1. The highest BCUT2D eigenvalue weighted by Crippen LogP contribution is 2.42. The van der Waals surface area contributed by atoms with E-state index in [1.54, 1.807) is 6.20 Å². The molecule has 1 heterocycles. The van der Waals surface area contributed by atoms with Gasteiger partial charge in [-0.05, 0) is 43.0 Å². The number of hydrogen-bond acceptors (Lipinski definition) is 3. The van der Waals surface area contributed by atoms with Gasteiger partial charge in [0.25, 0.3) is 0 Å². The van der Waals surface area contributed by atoms with E-state index in [4.69, 9.17) is 4.74 Å². The van der Waals surface area contributed by atoms with Crippen LogP contribution in [0.3, 0.4) is 0 Å². The maximum absolute atomic E-state index is 13.3. The van der Waals surface area contributed by atoms with E-state index < -0.39 is 5.41 Å². The summed E-state index contributed by atoms with van der Waals surface area (Å²) in [5.74, 6) is -0.0957.